The van der Waals surface area contributed by atoms with E-state index in [9.17, 15) is 14.7 Å². The molecule has 146 valence electrons. The molecule has 2 aromatic rings. The summed E-state index contributed by atoms with van der Waals surface area (Å²) in [5.74, 6) is 5.15. The molecule has 0 unspecified atom stereocenters. The van der Waals surface area contributed by atoms with Gasteiger partial charge in [0.2, 0.25) is 0 Å². The number of rotatable bonds is 4. The van der Waals surface area contributed by atoms with Crippen LogP contribution in [0.25, 0.3) is 11.0 Å². The highest BCUT2D eigenvalue weighted by atomic mass is 79.9. The Kier molecular flexibility index (Phi) is 5.53. The highest BCUT2D eigenvalue weighted by Gasteiger charge is 2.29. The number of carbonyl (C=O) groups is 2. The molecule has 27 heavy (non-hydrogen) atoms. The van der Waals surface area contributed by atoms with E-state index in [0.29, 0.717) is 40.7 Å². The molecule has 0 radical (unpaired) electrons. The van der Waals surface area contributed by atoms with E-state index in [1.54, 1.807) is 12.4 Å². The quantitative estimate of drug-likeness (QED) is 0.274. The highest BCUT2D eigenvalue weighted by Crippen LogP contribution is 2.39. The van der Waals surface area contributed by atoms with Gasteiger partial charge < -0.3 is 25.4 Å². The summed E-state index contributed by atoms with van der Waals surface area (Å²) in [4.78, 5) is 32.5. The van der Waals surface area contributed by atoms with Gasteiger partial charge >= 0.3 is 6.09 Å². The number of nitrogens with two attached hydrogens (primary N) is 1. The Morgan fingerprint density at radius 3 is 2.96 bits per heavy atom. The van der Waals surface area contributed by atoms with E-state index >= 15 is 0 Å². The van der Waals surface area contributed by atoms with E-state index < -0.39 is 18.1 Å². The van der Waals surface area contributed by atoms with Gasteiger partial charge in [-0.25, -0.2) is 20.6 Å². The fourth-order valence-corrected chi connectivity index (χ4v) is 3.79. The SMILES string of the molecule is C[C@H](O)C(=O)Nc1c[nH]c2ncc(Br)c(N3CCC[C@@H](N(N)C(=O)O)C3)c12. The molecule has 0 spiro atoms. The molecule has 1 aliphatic rings. The van der Waals surface area contributed by atoms with Crippen molar-refractivity contribution in [2.75, 3.05) is 23.3 Å². The molecule has 0 aliphatic carbocycles. The van der Waals surface area contributed by atoms with Gasteiger partial charge in [0.15, 0.2) is 0 Å². The van der Waals surface area contributed by atoms with Crippen molar-refractivity contribution in [1.82, 2.24) is 15.0 Å². The number of carbonyl (C=O) groups excluding carboxylic acids is 1. The fraction of sp³-hybridized carbons (Fsp3) is 0.438. The Morgan fingerprint density at radius 2 is 2.30 bits per heavy atom. The summed E-state index contributed by atoms with van der Waals surface area (Å²) in [5, 5.41) is 22.9. The van der Waals surface area contributed by atoms with Crippen molar-refractivity contribution in [3.8, 4) is 0 Å². The van der Waals surface area contributed by atoms with E-state index in [4.69, 9.17) is 10.9 Å². The number of aromatic nitrogens is 2. The second-order valence-electron chi connectivity index (χ2n) is 6.48. The monoisotopic (exact) mass is 440 g/mol. The number of nitrogens with one attached hydrogen (secondary N) is 2. The largest absolute Gasteiger partial charge is 0.464 e. The number of aromatic amines is 1. The second-order valence-corrected chi connectivity index (χ2v) is 7.33. The number of pyridine rings is 1. The van der Waals surface area contributed by atoms with Crippen LogP contribution in [-0.4, -0.2) is 62.4 Å². The zero-order valence-electron chi connectivity index (χ0n) is 14.6. The predicted molar refractivity (Wildman–Crippen MR) is 103 cm³/mol. The number of halogens is 1. The summed E-state index contributed by atoms with van der Waals surface area (Å²) in [6.45, 7) is 2.50. The Morgan fingerprint density at radius 1 is 1.56 bits per heavy atom. The minimum absolute atomic E-state index is 0.346. The number of hydrogen-bond donors (Lipinski definition) is 5. The van der Waals surface area contributed by atoms with Crippen molar-refractivity contribution in [1.29, 1.82) is 0 Å². The van der Waals surface area contributed by atoms with E-state index in [-0.39, 0.29) is 6.04 Å². The van der Waals surface area contributed by atoms with Crippen LogP contribution >= 0.6 is 15.9 Å². The molecule has 2 aromatic heterocycles. The molecule has 1 saturated heterocycles. The van der Waals surface area contributed by atoms with Gasteiger partial charge in [0.1, 0.15) is 11.8 Å². The van der Waals surface area contributed by atoms with Gasteiger partial charge in [-0.1, -0.05) is 0 Å². The van der Waals surface area contributed by atoms with Gasteiger partial charge in [-0.05, 0) is 35.7 Å². The first-order chi connectivity index (χ1) is 12.8. The third-order valence-electron chi connectivity index (χ3n) is 4.59. The Balaban J connectivity index is 2.00. The van der Waals surface area contributed by atoms with Crippen molar-refractivity contribution in [3.63, 3.8) is 0 Å². The van der Waals surface area contributed by atoms with Crippen LogP contribution in [0.1, 0.15) is 19.8 Å². The number of aliphatic hydroxyl groups excluding tert-OH is 1. The topological polar surface area (TPSA) is 148 Å². The smallest absolute Gasteiger partial charge is 0.421 e. The standard InChI is InChI=1S/C16H21BrN6O4/c1-8(24)15(25)21-11-6-20-14-12(11)13(10(17)5-19-14)22-4-2-3-9(7-22)23(18)16(26)27/h5-6,8-9,24H,2-4,7,18H2,1H3,(H,19,20)(H,21,25)(H,26,27)/t8-,9+/m0/s1. The molecule has 3 heterocycles. The van der Waals surface area contributed by atoms with E-state index in [2.05, 4.69) is 31.2 Å². The van der Waals surface area contributed by atoms with Crippen molar-refractivity contribution in [2.24, 2.45) is 5.84 Å². The van der Waals surface area contributed by atoms with E-state index in [0.717, 1.165) is 17.1 Å². The normalized spacial score (nSPS) is 18.4. The van der Waals surface area contributed by atoms with Gasteiger partial charge in [0, 0.05) is 25.5 Å². The minimum Gasteiger partial charge on any atom is -0.464 e. The van der Waals surface area contributed by atoms with Crippen LogP contribution in [0.4, 0.5) is 16.2 Å². The van der Waals surface area contributed by atoms with Gasteiger partial charge in [-0.3, -0.25) is 4.79 Å². The maximum atomic E-state index is 11.9. The second kappa shape index (κ2) is 7.71. The summed E-state index contributed by atoms with van der Waals surface area (Å²) >= 11 is 3.51. The average Bonchev–Trinajstić information content (AvgIpc) is 3.03. The zero-order chi connectivity index (χ0) is 19.7. The maximum Gasteiger partial charge on any atom is 0.421 e. The van der Waals surface area contributed by atoms with E-state index in [1.807, 2.05) is 4.90 Å². The van der Waals surface area contributed by atoms with Gasteiger partial charge in [-0.15, -0.1) is 0 Å². The van der Waals surface area contributed by atoms with Crippen molar-refractivity contribution < 1.29 is 19.8 Å². The van der Waals surface area contributed by atoms with Crippen LogP contribution in [0, 0.1) is 0 Å². The number of hydrogen-bond acceptors (Lipinski definition) is 6. The molecule has 2 atom stereocenters. The number of amides is 2. The van der Waals surface area contributed by atoms with E-state index in [1.165, 1.54) is 6.92 Å². The zero-order valence-corrected chi connectivity index (χ0v) is 16.2. The Hall–Kier alpha value is -2.37. The lowest BCUT2D eigenvalue weighted by Crippen LogP contribution is -2.53. The molecular weight excluding hydrogens is 420 g/mol. The van der Waals surface area contributed by atoms with Gasteiger partial charge in [-0.2, -0.15) is 0 Å². The van der Waals surface area contributed by atoms with Crippen LogP contribution in [0.2, 0.25) is 0 Å². The summed E-state index contributed by atoms with van der Waals surface area (Å²) in [6, 6.07) is -0.346. The molecule has 10 nitrogen and oxygen atoms in total. The van der Waals surface area contributed by atoms with Crippen molar-refractivity contribution in [2.45, 2.75) is 31.9 Å². The number of hydrazine groups is 1. The number of piperidine rings is 1. The molecule has 3 rings (SSSR count). The molecule has 0 bridgehead atoms. The summed E-state index contributed by atoms with van der Waals surface area (Å²) < 4.78 is 0.710. The lowest BCUT2D eigenvalue weighted by atomic mass is 10.0. The highest BCUT2D eigenvalue weighted by molar-refractivity contribution is 9.10. The average molecular weight is 441 g/mol. The first-order valence-electron chi connectivity index (χ1n) is 8.46. The van der Waals surface area contributed by atoms with Crippen molar-refractivity contribution in [3.05, 3.63) is 16.9 Å². The lowest BCUT2D eigenvalue weighted by Gasteiger charge is -2.38. The number of fused-ring (bicyclic) bond motifs is 1. The number of nitrogens with zero attached hydrogens (tertiary/aromatic N) is 3. The molecule has 11 heteroatoms. The molecule has 6 N–H and O–H groups in total. The van der Waals surface area contributed by atoms with Crippen LogP contribution in [0.5, 0.6) is 0 Å². The number of aliphatic hydroxyl groups is 1. The molecular formula is C16H21BrN6O4. The third-order valence-corrected chi connectivity index (χ3v) is 5.17. The summed E-state index contributed by atoms with van der Waals surface area (Å²) in [7, 11) is 0. The third kappa shape index (κ3) is 3.84. The lowest BCUT2D eigenvalue weighted by molar-refractivity contribution is -0.123. The number of carboxylic acid groups (broad SMARTS) is 1. The summed E-state index contributed by atoms with van der Waals surface area (Å²) in [6.07, 6.45) is 2.37. The van der Waals surface area contributed by atoms with Crippen LogP contribution in [0.3, 0.4) is 0 Å². The van der Waals surface area contributed by atoms with Crippen LogP contribution < -0.4 is 16.1 Å². The first kappa shape index (κ1) is 19.4. The molecule has 0 aromatic carbocycles. The first-order valence-corrected chi connectivity index (χ1v) is 9.25. The maximum absolute atomic E-state index is 11.9. The minimum atomic E-state index is -1.17. The number of H-pyrrole nitrogens is 1. The Labute approximate surface area is 163 Å². The molecule has 2 amide bonds. The van der Waals surface area contributed by atoms with Gasteiger partial charge in [0.25, 0.3) is 5.91 Å². The number of anilines is 2. The fourth-order valence-electron chi connectivity index (χ4n) is 3.24. The molecule has 1 aliphatic heterocycles. The molecule has 1 fully saturated rings. The predicted octanol–water partition coefficient (Wildman–Crippen LogP) is 1.47. The Bertz CT molecular complexity index is 870. The van der Waals surface area contributed by atoms with Gasteiger partial charge in [0.05, 0.1) is 27.3 Å². The van der Waals surface area contributed by atoms with Crippen LogP contribution in [-0.2, 0) is 4.79 Å². The van der Waals surface area contributed by atoms with Crippen molar-refractivity contribution >= 4 is 50.3 Å². The molecule has 0 saturated carbocycles. The summed E-state index contributed by atoms with van der Waals surface area (Å²) in [5.41, 5.74) is 1.84. The van der Waals surface area contributed by atoms with Crippen LogP contribution in [0.15, 0.2) is 16.9 Å².